The van der Waals surface area contributed by atoms with Crippen molar-refractivity contribution in [2.75, 3.05) is 0 Å². The van der Waals surface area contributed by atoms with E-state index in [-0.39, 0.29) is 5.71 Å². The van der Waals surface area contributed by atoms with E-state index in [1.165, 1.54) is 0 Å². The van der Waals surface area contributed by atoms with Gasteiger partial charge in [0.2, 0.25) is 5.71 Å². The van der Waals surface area contributed by atoms with Crippen molar-refractivity contribution in [3.8, 4) is 6.07 Å². The fourth-order valence-corrected chi connectivity index (χ4v) is 0.663. The Bertz CT molecular complexity index is 317. The van der Waals surface area contributed by atoms with Gasteiger partial charge in [-0.25, -0.2) is 6.57 Å². The summed E-state index contributed by atoms with van der Waals surface area (Å²) in [5.41, 5.74) is -0.0130. The summed E-state index contributed by atoms with van der Waals surface area (Å²) in [7, 11) is -0.929. The van der Waals surface area contributed by atoms with Crippen LogP contribution in [0.1, 0.15) is 0 Å². The van der Waals surface area contributed by atoms with Crippen LogP contribution < -0.4 is 0 Å². The lowest BCUT2D eigenvalue weighted by atomic mass is 9.73. The summed E-state index contributed by atoms with van der Waals surface area (Å²) < 4.78 is 7.49. The van der Waals surface area contributed by atoms with Crippen LogP contribution in [0.4, 0.5) is 0 Å². The molecule has 50 valence electrons. The van der Waals surface area contributed by atoms with Crippen LogP contribution in [0.5, 0.6) is 0 Å². The number of oxime groups is 1. The molecule has 0 aromatic carbocycles. The zero-order valence-electron chi connectivity index (χ0n) is 5.35. The first-order valence-corrected chi connectivity index (χ1v) is 2.70. The molecule has 0 amide bonds. The largest absolute Gasteiger partial charge is 0.933 e. The Balaban J connectivity index is 2.87. The van der Waals surface area contributed by atoms with E-state index >= 15 is 0 Å². The van der Waals surface area contributed by atoms with Gasteiger partial charge in [-0.3, -0.25) is 11.4 Å². The van der Waals surface area contributed by atoms with Gasteiger partial charge in [-0.2, -0.15) is 5.26 Å². The second kappa shape index (κ2) is 2.73. The Morgan fingerprint density at radius 3 is 2.91 bits per heavy atom. The van der Waals surface area contributed by atoms with Gasteiger partial charge in [0.25, 0.3) is 0 Å². The number of hydrogen-bond donors (Lipinski definition) is 0. The standard InChI is InChI=1S/C5HBN4O/c1-8-5-4(3-7)10-11-6(5)9-2/h5H. The van der Waals surface area contributed by atoms with Crippen molar-refractivity contribution in [3.05, 3.63) is 22.7 Å². The maximum atomic E-state index is 8.37. The highest BCUT2D eigenvalue weighted by atomic mass is 16.6. The fourth-order valence-electron chi connectivity index (χ4n) is 0.663. The van der Waals surface area contributed by atoms with Gasteiger partial charge in [0, 0.05) is 0 Å². The molecule has 11 heavy (non-hydrogen) atoms. The monoisotopic (exact) mass is 144 g/mol. The summed E-state index contributed by atoms with van der Waals surface area (Å²) in [6, 6.07) is 1.70. The third-order valence-electron chi connectivity index (χ3n) is 1.19. The van der Waals surface area contributed by atoms with Gasteiger partial charge < -0.3 is 9.51 Å². The van der Waals surface area contributed by atoms with Crippen molar-refractivity contribution in [1.29, 1.82) is 5.26 Å². The first-order chi connectivity index (χ1) is 5.33. The molecular weight excluding hydrogens is 143 g/mol. The summed E-state index contributed by atoms with van der Waals surface area (Å²) in [5.74, 6) is -0.836. The summed E-state index contributed by atoms with van der Waals surface area (Å²) in [5, 5.41) is 11.7. The Morgan fingerprint density at radius 2 is 2.45 bits per heavy atom. The maximum Gasteiger partial charge on any atom is 0.933 e. The molecular formula is C5HBN4O. The van der Waals surface area contributed by atoms with E-state index in [0.717, 1.165) is 0 Å². The Hall–Kier alpha value is -2.00. The summed E-state index contributed by atoms with van der Waals surface area (Å²) >= 11 is 0. The van der Waals surface area contributed by atoms with E-state index in [1.807, 2.05) is 0 Å². The third kappa shape index (κ3) is 0.998. The van der Waals surface area contributed by atoms with Gasteiger partial charge in [0.1, 0.15) is 6.07 Å². The lowest BCUT2D eigenvalue weighted by molar-refractivity contribution is 0.365. The maximum absolute atomic E-state index is 8.37. The van der Waals surface area contributed by atoms with E-state index < -0.39 is 13.0 Å². The van der Waals surface area contributed by atoms with Gasteiger partial charge >= 0.3 is 13.0 Å². The zero-order valence-corrected chi connectivity index (χ0v) is 5.35. The van der Waals surface area contributed by atoms with Crippen molar-refractivity contribution in [3.63, 3.8) is 0 Å². The highest BCUT2D eigenvalue weighted by molar-refractivity contribution is 6.65. The minimum absolute atomic E-state index is 0.0130. The van der Waals surface area contributed by atoms with Crippen molar-refractivity contribution in [2.24, 2.45) is 5.16 Å². The van der Waals surface area contributed by atoms with Crippen LogP contribution in [0.2, 0.25) is 0 Å². The van der Waals surface area contributed by atoms with Crippen LogP contribution in [0.3, 0.4) is 0 Å². The van der Waals surface area contributed by atoms with E-state index in [4.69, 9.17) is 18.4 Å². The molecule has 0 aromatic heterocycles. The summed E-state index contributed by atoms with van der Waals surface area (Å²) in [6.07, 6.45) is 0. The number of nitriles is 1. The molecule has 0 N–H and O–H groups in total. The van der Waals surface area contributed by atoms with Gasteiger partial charge in [0.15, 0.2) is 0 Å². The predicted octanol–water partition coefficient (Wildman–Crippen LogP) is 0.131. The molecule has 0 saturated carbocycles. The molecule has 0 aromatic rings. The van der Waals surface area contributed by atoms with E-state index in [0.29, 0.717) is 0 Å². The average Bonchev–Trinajstić information content (AvgIpc) is 2.45. The van der Waals surface area contributed by atoms with E-state index in [1.54, 1.807) is 6.07 Å². The minimum atomic E-state index is -0.929. The first-order valence-electron chi connectivity index (χ1n) is 2.70. The van der Waals surface area contributed by atoms with Gasteiger partial charge in [-0.1, -0.05) is 5.16 Å². The topological polar surface area (TPSA) is 54.1 Å². The molecule has 5 nitrogen and oxygen atoms in total. The molecule has 0 saturated heterocycles. The zero-order chi connectivity index (χ0) is 8.27. The molecule has 1 aliphatic rings. The van der Waals surface area contributed by atoms with E-state index in [2.05, 4.69) is 19.5 Å². The first kappa shape index (κ1) is 7.12. The smallest absolute Gasteiger partial charge is 0.375 e. The Kier molecular flexibility index (Phi) is 1.76. The molecule has 0 radical (unpaired) electrons. The molecule has 0 fully saturated rings. The van der Waals surface area contributed by atoms with Crippen molar-refractivity contribution < 1.29 is 4.76 Å². The summed E-state index contributed by atoms with van der Waals surface area (Å²) in [6.45, 7) is 13.2. The van der Waals surface area contributed by atoms with Gasteiger partial charge in [0.05, 0.1) is 0 Å². The Morgan fingerprint density at radius 1 is 1.73 bits per heavy atom. The molecule has 1 atom stereocenters. The van der Waals surface area contributed by atoms with Crippen LogP contribution in [0, 0.1) is 24.5 Å². The van der Waals surface area contributed by atoms with Crippen LogP contribution in [-0.2, 0) is 4.76 Å². The molecule has 0 bridgehead atoms. The van der Waals surface area contributed by atoms with Crippen LogP contribution in [-0.4, -0.2) is 18.7 Å². The van der Waals surface area contributed by atoms with Crippen LogP contribution in [0.25, 0.3) is 9.60 Å². The molecule has 0 spiro atoms. The van der Waals surface area contributed by atoms with Crippen molar-refractivity contribution >= 4 is 12.8 Å². The molecule has 1 heterocycles. The lowest BCUT2D eigenvalue weighted by Crippen LogP contribution is -2.26. The van der Waals surface area contributed by atoms with E-state index in [9.17, 15) is 0 Å². The molecule has 6 heteroatoms. The normalized spacial score (nSPS) is 20.6. The second-order valence-electron chi connectivity index (χ2n) is 1.79. The predicted molar refractivity (Wildman–Crippen MR) is 36.9 cm³/mol. The number of nitrogens with zero attached hydrogens (tertiary/aromatic N) is 4. The second-order valence-corrected chi connectivity index (χ2v) is 1.79. The number of rotatable bonds is 0. The number of hydrogen-bond acceptors (Lipinski definition) is 3. The molecule has 1 unspecified atom stereocenters. The molecule has 0 aliphatic carbocycles. The quantitative estimate of drug-likeness (QED) is 0.358. The van der Waals surface area contributed by atoms with Crippen LogP contribution >= 0.6 is 0 Å². The SMILES string of the molecule is [C-]#[N+]B1ON=C(C#N)C1[N+]#[C-]. The van der Waals surface area contributed by atoms with Crippen LogP contribution in [0.15, 0.2) is 5.16 Å². The lowest BCUT2D eigenvalue weighted by Gasteiger charge is -1.83. The summed E-state index contributed by atoms with van der Waals surface area (Å²) in [4.78, 5) is 3.05. The fraction of sp³-hybridized carbons (Fsp3) is 0.200. The van der Waals surface area contributed by atoms with Crippen molar-refractivity contribution in [1.82, 2.24) is 0 Å². The molecule has 1 aliphatic heterocycles. The van der Waals surface area contributed by atoms with Gasteiger partial charge in [-0.15, -0.1) is 0 Å². The Labute approximate surface area is 63.6 Å². The highest BCUT2D eigenvalue weighted by Gasteiger charge is 2.59. The van der Waals surface area contributed by atoms with Crippen molar-refractivity contribution in [2.45, 2.75) is 5.94 Å². The molecule has 1 rings (SSSR count). The average molecular weight is 144 g/mol. The third-order valence-corrected chi connectivity index (χ3v) is 1.19. The highest BCUT2D eigenvalue weighted by Crippen LogP contribution is 2.11. The van der Waals surface area contributed by atoms with Gasteiger partial charge in [-0.05, 0) is 0 Å². The minimum Gasteiger partial charge on any atom is -0.375 e.